The monoisotopic (exact) mass is 393 g/mol. The zero-order valence-electron chi connectivity index (χ0n) is 14.6. The third kappa shape index (κ3) is 3.77. The summed E-state index contributed by atoms with van der Waals surface area (Å²) in [7, 11) is -0.917. The number of esters is 1. The van der Waals surface area contributed by atoms with Gasteiger partial charge in [0, 0.05) is 20.5 Å². The molecule has 26 heavy (non-hydrogen) atoms. The van der Waals surface area contributed by atoms with Gasteiger partial charge in [0.15, 0.2) is 0 Å². The quantitative estimate of drug-likeness (QED) is 0.747. The average Bonchev–Trinajstić information content (AvgIpc) is 2.61. The number of ether oxygens (including phenoxy) is 1. The van der Waals surface area contributed by atoms with E-state index in [1.165, 1.54) is 43.4 Å². The zero-order chi connectivity index (χ0) is 18.9. The second-order valence-electron chi connectivity index (χ2n) is 6.47. The molecule has 0 N–H and O–H groups in total. The van der Waals surface area contributed by atoms with Gasteiger partial charge in [-0.25, -0.2) is 17.5 Å². The van der Waals surface area contributed by atoms with Crippen LogP contribution >= 0.6 is 11.6 Å². The van der Waals surface area contributed by atoms with Crippen LogP contribution in [-0.2, 0) is 27.6 Å². The second-order valence-corrected chi connectivity index (χ2v) is 9.00. The molecule has 0 spiro atoms. The van der Waals surface area contributed by atoms with Crippen LogP contribution in [0.25, 0.3) is 0 Å². The molecule has 0 amide bonds. The van der Waals surface area contributed by atoms with Gasteiger partial charge in [0.05, 0.1) is 10.6 Å². The zero-order valence-corrected chi connectivity index (χ0v) is 16.2. The maximum Gasteiger partial charge on any atom is 0.338 e. The molecule has 0 heterocycles. The SMILES string of the molecule is CN(C)S(=O)(=O)c1cc(C(=O)OC2CCc3ccccc3C2)ccc1Cl. The van der Waals surface area contributed by atoms with E-state index in [1.54, 1.807) is 0 Å². The molecular formula is C19H20ClNO4S. The predicted octanol–water partition coefficient (Wildman–Crippen LogP) is 3.30. The summed E-state index contributed by atoms with van der Waals surface area (Å²) in [5, 5.41) is 0.0712. The number of sulfonamides is 1. The Morgan fingerprint density at radius 3 is 2.54 bits per heavy atom. The van der Waals surface area contributed by atoms with Gasteiger partial charge in [0.1, 0.15) is 11.0 Å². The second kappa shape index (κ2) is 7.39. The molecule has 3 rings (SSSR count). The Labute approximate surface area is 158 Å². The van der Waals surface area contributed by atoms with Gasteiger partial charge >= 0.3 is 5.97 Å². The fraction of sp³-hybridized carbons (Fsp3) is 0.316. The molecule has 0 fully saturated rings. The van der Waals surface area contributed by atoms with Crippen LogP contribution in [-0.4, -0.2) is 38.9 Å². The Morgan fingerprint density at radius 2 is 1.85 bits per heavy atom. The standard InChI is InChI=1S/C19H20ClNO4S/c1-21(2)26(23,24)18-12-15(8-10-17(18)20)19(22)25-16-9-7-13-5-3-4-6-14(13)11-16/h3-6,8,10,12,16H,7,9,11H2,1-2H3. The molecule has 5 nitrogen and oxygen atoms in total. The summed E-state index contributed by atoms with van der Waals surface area (Å²) in [5.41, 5.74) is 2.64. The van der Waals surface area contributed by atoms with Crippen LogP contribution in [0.2, 0.25) is 5.02 Å². The molecule has 1 aliphatic rings. The third-order valence-electron chi connectivity index (χ3n) is 4.50. The van der Waals surface area contributed by atoms with E-state index in [0.717, 1.165) is 17.1 Å². The molecule has 0 saturated carbocycles. The van der Waals surface area contributed by atoms with E-state index < -0.39 is 16.0 Å². The highest BCUT2D eigenvalue weighted by atomic mass is 35.5. The minimum atomic E-state index is -3.74. The van der Waals surface area contributed by atoms with Crippen LogP contribution in [0.4, 0.5) is 0 Å². The van der Waals surface area contributed by atoms with Crippen LogP contribution in [0.3, 0.4) is 0 Å². The Morgan fingerprint density at radius 1 is 1.15 bits per heavy atom. The van der Waals surface area contributed by atoms with Crippen LogP contribution in [0, 0.1) is 0 Å². The van der Waals surface area contributed by atoms with Gasteiger partial charge in [0.25, 0.3) is 0 Å². The first-order valence-electron chi connectivity index (χ1n) is 8.29. The van der Waals surface area contributed by atoms with Crippen LogP contribution in [0.5, 0.6) is 0 Å². The molecule has 0 aliphatic heterocycles. The highest BCUT2D eigenvalue weighted by Crippen LogP contribution is 2.27. The minimum Gasteiger partial charge on any atom is -0.458 e. The largest absolute Gasteiger partial charge is 0.458 e. The number of rotatable bonds is 4. The van der Waals surface area contributed by atoms with Gasteiger partial charge in [-0.3, -0.25) is 0 Å². The molecule has 0 saturated heterocycles. The number of hydrogen-bond acceptors (Lipinski definition) is 4. The summed E-state index contributed by atoms with van der Waals surface area (Å²) in [6.45, 7) is 0. The smallest absolute Gasteiger partial charge is 0.338 e. The number of carbonyl (C=O) groups is 1. The number of benzene rings is 2. The average molecular weight is 394 g/mol. The Kier molecular flexibility index (Phi) is 5.37. The molecule has 1 aliphatic carbocycles. The normalized spacial score (nSPS) is 17.0. The van der Waals surface area contributed by atoms with Crippen LogP contribution in [0.1, 0.15) is 27.9 Å². The van der Waals surface area contributed by atoms with E-state index in [4.69, 9.17) is 16.3 Å². The van der Waals surface area contributed by atoms with Crippen molar-refractivity contribution in [2.75, 3.05) is 14.1 Å². The van der Waals surface area contributed by atoms with Crippen molar-refractivity contribution in [3.05, 3.63) is 64.2 Å². The van der Waals surface area contributed by atoms with Gasteiger partial charge in [-0.15, -0.1) is 0 Å². The Balaban J connectivity index is 1.79. The van der Waals surface area contributed by atoms with Crippen molar-refractivity contribution in [1.82, 2.24) is 4.31 Å². The Bertz CT molecular complexity index is 940. The van der Waals surface area contributed by atoms with Gasteiger partial charge in [0.2, 0.25) is 10.0 Å². The molecule has 1 atom stereocenters. The number of halogens is 1. The van der Waals surface area contributed by atoms with E-state index >= 15 is 0 Å². The Hall–Kier alpha value is -1.89. The lowest BCUT2D eigenvalue weighted by Crippen LogP contribution is -2.26. The number of aryl methyl sites for hydroxylation is 1. The molecule has 1 unspecified atom stereocenters. The summed E-state index contributed by atoms with van der Waals surface area (Å²) < 4.78 is 31.4. The van der Waals surface area contributed by atoms with Crippen molar-refractivity contribution in [3.63, 3.8) is 0 Å². The lowest BCUT2D eigenvalue weighted by molar-refractivity contribution is 0.0270. The molecule has 7 heteroatoms. The summed E-state index contributed by atoms with van der Waals surface area (Å²) in [5.74, 6) is -0.541. The van der Waals surface area contributed by atoms with E-state index in [0.29, 0.717) is 6.42 Å². The van der Waals surface area contributed by atoms with Crippen molar-refractivity contribution in [1.29, 1.82) is 0 Å². The number of nitrogens with zero attached hydrogens (tertiary/aromatic N) is 1. The molecule has 0 radical (unpaired) electrons. The maximum absolute atomic E-state index is 12.5. The number of hydrogen-bond donors (Lipinski definition) is 0. The first kappa shape index (κ1) is 18.9. The van der Waals surface area contributed by atoms with Crippen LogP contribution in [0.15, 0.2) is 47.4 Å². The minimum absolute atomic E-state index is 0.0712. The maximum atomic E-state index is 12.5. The molecule has 0 bridgehead atoms. The van der Waals surface area contributed by atoms with Gasteiger partial charge in [-0.2, -0.15) is 0 Å². The molecule has 2 aromatic carbocycles. The van der Waals surface area contributed by atoms with E-state index in [1.807, 2.05) is 18.2 Å². The van der Waals surface area contributed by atoms with Gasteiger partial charge in [-0.1, -0.05) is 35.9 Å². The van der Waals surface area contributed by atoms with Crippen molar-refractivity contribution < 1.29 is 17.9 Å². The van der Waals surface area contributed by atoms with Crippen LogP contribution < -0.4 is 0 Å². The molecular weight excluding hydrogens is 374 g/mol. The van der Waals surface area contributed by atoms with Gasteiger partial charge < -0.3 is 4.74 Å². The van der Waals surface area contributed by atoms with E-state index in [2.05, 4.69) is 6.07 Å². The summed E-state index contributed by atoms with van der Waals surface area (Å²) in [6.07, 6.45) is 2.05. The lowest BCUT2D eigenvalue weighted by atomic mass is 9.90. The molecule has 0 aromatic heterocycles. The topological polar surface area (TPSA) is 63.7 Å². The molecule has 2 aromatic rings. The van der Waals surface area contributed by atoms with Crippen molar-refractivity contribution in [3.8, 4) is 0 Å². The fourth-order valence-corrected chi connectivity index (χ4v) is 4.40. The van der Waals surface area contributed by atoms with Crippen molar-refractivity contribution >= 4 is 27.6 Å². The van der Waals surface area contributed by atoms with E-state index in [9.17, 15) is 13.2 Å². The van der Waals surface area contributed by atoms with Crippen molar-refractivity contribution in [2.24, 2.45) is 0 Å². The predicted molar refractivity (Wildman–Crippen MR) is 100.0 cm³/mol. The highest BCUT2D eigenvalue weighted by Gasteiger charge is 2.25. The fourth-order valence-electron chi connectivity index (χ4n) is 3.01. The number of carbonyl (C=O) groups excluding carboxylic acids is 1. The third-order valence-corrected chi connectivity index (χ3v) is 6.80. The molecule has 138 valence electrons. The first-order chi connectivity index (χ1) is 12.3. The summed E-state index contributed by atoms with van der Waals surface area (Å²) >= 11 is 6.02. The summed E-state index contributed by atoms with van der Waals surface area (Å²) in [4.78, 5) is 12.4. The lowest BCUT2D eigenvalue weighted by Gasteiger charge is -2.24. The van der Waals surface area contributed by atoms with E-state index in [-0.39, 0.29) is 21.6 Å². The summed E-state index contributed by atoms with van der Waals surface area (Å²) in [6, 6.07) is 12.3. The van der Waals surface area contributed by atoms with Crippen molar-refractivity contribution in [2.45, 2.75) is 30.3 Å². The van der Waals surface area contributed by atoms with Gasteiger partial charge in [-0.05, 0) is 42.2 Å². The number of fused-ring (bicyclic) bond motifs is 1. The first-order valence-corrected chi connectivity index (χ1v) is 10.1. The highest BCUT2D eigenvalue weighted by molar-refractivity contribution is 7.89.